The minimum absolute atomic E-state index is 0.0365. The van der Waals surface area contributed by atoms with Crippen LogP contribution in [0, 0.1) is 16.0 Å². The average Bonchev–Trinajstić information content (AvgIpc) is 2.60. The number of anilines is 1. The number of para-hydroxylation sites is 2. The number of carbonyl (C=O) groups excluding carboxylic acids is 1. The molecule has 0 saturated heterocycles. The van der Waals surface area contributed by atoms with E-state index in [0.29, 0.717) is 28.3 Å². The average molecular weight is 452 g/mol. The maximum absolute atomic E-state index is 12.4. The number of nitrogens with zero attached hydrogens (tertiary/aromatic N) is 1. The zero-order chi connectivity index (χ0) is 20.0. The molecular weight excluding hydrogens is 434 g/mol. The van der Waals surface area contributed by atoms with Gasteiger partial charge in [0.05, 0.1) is 16.0 Å². The molecule has 0 aromatic heterocycles. The van der Waals surface area contributed by atoms with Crippen molar-refractivity contribution in [2.45, 2.75) is 13.8 Å². The van der Waals surface area contributed by atoms with Gasteiger partial charge in [-0.2, -0.15) is 0 Å². The van der Waals surface area contributed by atoms with Crippen molar-refractivity contribution in [3.63, 3.8) is 0 Å². The Labute approximate surface area is 170 Å². The Morgan fingerprint density at radius 1 is 1.30 bits per heavy atom. The Morgan fingerprint density at radius 2 is 2.00 bits per heavy atom. The molecule has 0 aliphatic heterocycles. The highest BCUT2D eigenvalue weighted by atomic mass is 79.9. The molecule has 0 aliphatic carbocycles. The van der Waals surface area contributed by atoms with Crippen molar-refractivity contribution < 1.29 is 14.5 Å². The van der Waals surface area contributed by atoms with Gasteiger partial charge in [-0.3, -0.25) is 20.2 Å². The highest BCUT2D eigenvalue weighted by Gasteiger charge is 2.15. The summed E-state index contributed by atoms with van der Waals surface area (Å²) in [6.45, 7) is 4.65. The van der Waals surface area contributed by atoms with Crippen molar-refractivity contribution in [2.24, 2.45) is 5.92 Å². The van der Waals surface area contributed by atoms with Crippen LogP contribution in [0.15, 0.2) is 46.9 Å². The van der Waals surface area contributed by atoms with Crippen molar-refractivity contribution in [1.82, 2.24) is 5.32 Å². The molecule has 0 radical (unpaired) electrons. The summed E-state index contributed by atoms with van der Waals surface area (Å²) in [4.78, 5) is 22.9. The highest BCUT2D eigenvalue weighted by Crippen LogP contribution is 2.27. The number of hydrogen-bond donors (Lipinski definition) is 2. The molecule has 2 rings (SSSR count). The maximum atomic E-state index is 12.4. The van der Waals surface area contributed by atoms with E-state index in [0.717, 1.165) is 0 Å². The van der Waals surface area contributed by atoms with Crippen LogP contribution in [0.25, 0.3) is 0 Å². The van der Waals surface area contributed by atoms with E-state index in [4.69, 9.17) is 17.0 Å². The van der Waals surface area contributed by atoms with Gasteiger partial charge in [0.25, 0.3) is 11.6 Å². The van der Waals surface area contributed by atoms with E-state index in [1.54, 1.807) is 30.3 Å². The molecule has 0 atom stereocenters. The van der Waals surface area contributed by atoms with Crippen molar-refractivity contribution in [3.8, 4) is 5.75 Å². The number of hydrogen-bond acceptors (Lipinski definition) is 5. The first kappa shape index (κ1) is 20.8. The lowest BCUT2D eigenvalue weighted by molar-refractivity contribution is -0.383. The first-order chi connectivity index (χ1) is 12.8. The highest BCUT2D eigenvalue weighted by molar-refractivity contribution is 9.10. The number of nitrogens with one attached hydrogen (secondary N) is 2. The van der Waals surface area contributed by atoms with E-state index in [1.165, 1.54) is 12.1 Å². The summed E-state index contributed by atoms with van der Waals surface area (Å²) in [7, 11) is 0. The Bertz CT molecular complexity index is 873. The largest absolute Gasteiger partial charge is 0.492 e. The monoisotopic (exact) mass is 451 g/mol. The standard InChI is InChI=1S/C18H18BrN3O4S/c1-11(2)10-26-16-8-7-12(9-13(16)19)17(23)21-18(27)20-14-5-3-4-6-15(14)22(24)25/h3-9,11H,10H2,1-2H3,(H2,20,21,23,27). The van der Waals surface area contributed by atoms with E-state index in [2.05, 4.69) is 26.6 Å². The molecule has 2 aromatic carbocycles. The van der Waals surface area contributed by atoms with Crippen molar-refractivity contribution in [2.75, 3.05) is 11.9 Å². The van der Waals surface area contributed by atoms with Crippen LogP contribution in [0.1, 0.15) is 24.2 Å². The van der Waals surface area contributed by atoms with Crippen LogP contribution in [-0.4, -0.2) is 22.5 Å². The molecule has 7 nitrogen and oxygen atoms in total. The SMILES string of the molecule is CC(C)COc1ccc(C(=O)NC(=S)Nc2ccccc2[N+](=O)[O-])cc1Br. The summed E-state index contributed by atoms with van der Waals surface area (Å²) in [5, 5.41) is 16.2. The topological polar surface area (TPSA) is 93.5 Å². The number of nitro benzene ring substituents is 1. The minimum Gasteiger partial charge on any atom is -0.492 e. The number of amides is 1. The Kier molecular flexibility index (Phi) is 7.26. The molecule has 1 amide bonds. The normalized spacial score (nSPS) is 10.4. The third-order valence-electron chi connectivity index (χ3n) is 3.34. The van der Waals surface area contributed by atoms with Gasteiger partial charge in [-0.05, 0) is 58.3 Å². The number of nitro groups is 1. The van der Waals surface area contributed by atoms with Crippen LogP contribution in [0.5, 0.6) is 5.75 Å². The minimum atomic E-state index is -0.528. The van der Waals surface area contributed by atoms with Crippen molar-refractivity contribution in [1.29, 1.82) is 0 Å². The summed E-state index contributed by atoms with van der Waals surface area (Å²) in [6, 6.07) is 11.0. The molecule has 0 unspecified atom stereocenters. The van der Waals surface area contributed by atoms with E-state index < -0.39 is 10.8 Å². The lowest BCUT2D eigenvalue weighted by Crippen LogP contribution is -2.34. The van der Waals surface area contributed by atoms with E-state index in [9.17, 15) is 14.9 Å². The summed E-state index contributed by atoms with van der Waals surface area (Å²) in [5.41, 5.74) is 0.431. The summed E-state index contributed by atoms with van der Waals surface area (Å²) >= 11 is 8.47. The fourth-order valence-electron chi connectivity index (χ4n) is 2.08. The molecule has 2 aromatic rings. The fourth-order valence-corrected chi connectivity index (χ4v) is 2.78. The fraction of sp³-hybridized carbons (Fsp3) is 0.222. The smallest absolute Gasteiger partial charge is 0.292 e. The number of rotatable bonds is 6. The molecular formula is C18H18BrN3O4S. The second-order valence-electron chi connectivity index (χ2n) is 6.03. The molecule has 27 heavy (non-hydrogen) atoms. The molecule has 2 N–H and O–H groups in total. The van der Waals surface area contributed by atoms with Crippen LogP contribution in [0.4, 0.5) is 11.4 Å². The maximum Gasteiger partial charge on any atom is 0.292 e. The predicted octanol–water partition coefficient (Wildman–Crippen LogP) is 4.52. The number of halogens is 1. The lowest BCUT2D eigenvalue weighted by atomic mass is 10.2. The van der Waals surface area contributed by atoms with Gasteiger partial charge in [-0.15, -0.1) is 0 Å². The zero-order valence-corrected chi connectivity index (χ0v) is 17.1. The van der Waals surface area contributed by atoms with Gasteiger partial charge in [-0.1, -0.05) is 26.0 Å². The van der Waals surface area contributed by atoms with Gasteiger partial charge in [0.1, 0.15) is 11.4 Å². The van der Waals surface area contributed by atoms with Gasteiger partial charge in [-0.25, -0.2) is 0 Å². The van der Waals surface area contributed by atoms with Crippen LogP contribution < -0.4 is 15.4 Å². The van der Waals surface area contributed by atoms with Gasteiger partial charge in [0, 0.05) is 11.6 Å². The molecule has 9 heteroatoms. The quantitative estimate of drug-likeness (QED) is 0.380. The number of carbonyl (C=O) groups is 1. The molecule has 0 aliphatic rings. The van der Waals surface area contributed by atoms with Crippen LogP contribution in [-0.2, 0) is 0 Å². The van der Waals surface area contributed by atoms with Crippen LogP contribution >= 0.6 is 28.1 Å². The Hall–Kier alpha value is -2.52. The summed E-state index contributed by atoms with van der Waals surface area (Å²) in [6.07, 6.45) is 0. The van der Waals surface area contributed by atoms with Gasteiger partial charge >= 0.3 is 0 Å². The first-order valence-electron chi connectivity index (χ1n) is 8.06. The van der Waals surface area contributed by atoms with Crippen LogP contribution in [0.2, 0.25) is 0 Å². The molecule has 0 heterocycles. The van der Waals surface area contributed by atoms with E-state index in [1.807, 2.05) is 13.8 Å². The lowest BCUT2D eigenvalue weighted by Gasteiger charge is -2.12. The zero-order valence-electron chi connectivity index (χ0n) is 14.7. The summed E-state index contributed by atoms with van der Waals surface area (Å²) < 4.78 is 6.29. The van der Waals surface area contributed by atoms with Gasteiger partial charge in [0.15, 0.2) is 5.11 Å². The third-order valence-corrected chi connectivity index (χ3v) is 4.17. The van der Waals surface area contributed by atoms with Crippen molar-refractivity contribution in [3.05, 3.63) is 62.6 Å². The Balaban J connectivity index is 2.03. The van der Waals surface area contributed by atoms with Gasteiger partial charge in [0.2, 0.25) is 0 Å². The number of ether oxygens (including phenoxy) is 1. The first-order valence-corrected chi connectivity index (χ1v) is 9.26. The molecule has 0 fully saturated rings. The second-order valence-corrected chi connectivity index (χ2v) is 7.30. The van der Waals surface area contributed by atoms with Crippen LogP contribution in [0.3, 0.4) is 0 Å². The second kappa shape index (κ2) is 9.43. The predicted molar refractivity (Wildman–Crippen MR) is 111 cm³/mol. The molecule has 0 bridgehead atoms. The van der Waals surface area contributed by atoms with Gasteiger partial charge < -0.3 is 10.1 Å². The van der Waals surface area contributed by atoms with E-state index >= 15 is 0 Å². The molecule has 0 spiro atoms. The Morgan fingerprint density at radius 3 is 2.63 bits per heavy atom. The molecule has 0 saturated carbocycles. The number of benzene rings is 2. The van der Waals surface area contributed by atoms with Crippen molar-refractivity contribution >= 4 is 50.5 Å². The van der Waals surface area contributed by atoms with E-state index in [-0.39, 0.29) is 16.5 Å². The number of thiocarbonyl (C=S) groups is 1. The molecule has 142 valence electrons. The summed E-state index contributed by atoms with van der Waals surface area (Å²) in [5.74, 6) is 0.577. The third kappa shape index (κ3) is 6.00.